The van der Waals surface area contributed by atoms with Gasteiger partial charge in [-0.1, -0.05) is 6.58 Å². The molecule has 0 radical (unpaired) electrons. The monoisotopic (exact) mass is 143 g/mol. The minimum absolute atomic E-state index is 0.292. The summed E-state index contributed by atoms with van der Waals surface area (Å²) < 4.78 is 5.13. The Bertz CT molecular complexity index is 91.3. The van der Waals surface area contributed by atoms with Gasteiger partial charge in [0.15, 0.2) is 0 Å². The van der Waals surface area contributed by atoms with Gasteiger partial charge < -0.3 is 9.64 Å². The van der Waals surface area contributed by atoms with Gasteiger partial charge in [-0.15, -0.1) is 0 Å². The van der Waals surface area contributed by atoms with Gasteiger partial charge in [-0.25, -0.2) is 0 Å². The summed E-state index contributed by atoms with van der Waals surface area (Å²) in [4.78, 5) is 2.14. The summed E-state index contributed by atoms with van der Waals surface area (Å²) in [5.41, 5.74) is 0. The van der Waals surface area contributed by atoms with Crippen LogP contribution in [0.15, 0.2) is 12.8 Å². The summed E-state index contributed by atoms with van der Waals surface area (Å²) in [5.74, 6) is 0. The van der Waals surface area contributed by atoms with Crippen LogP contribution in [0.4, 0.5) is 0 Å². The molecule has 1 unspecified atom stereocenters. The molecule has 0 spiro atoms. The average molecular weight is 143 g/mol. The van der Waals surface area contributed by atoms with E-state index in [4.69, 9.17) is 4.74 Å². The van der Waals surface area contributed by atoms with Crippen LogP contribution in [0, 0.1) is 0 Å². The predicted octanol–water partition coefficient (Wildman–Crippen LogP) is 1.49. The van der Waals surface area contributed by atoms with Gasteiger partial charge >= 0.3 is 0 Å². The minimum atomic E-state index is 0.292. The van der Waals surface area contributed by atoms with Crippen LogP contribution in [0.5, 0.6) is 0 Å². The zero-order valence-corrected chi connectivity index (χ0v) is 7.13. The summed E-state index contributed by atoms with van der Waals surface area (Å²) in [5, 5.41) is 0. The fourth-order valence-electron chi connectivity index (χ4n) is 0.672. The molecule has 2 nitrogen and oxygen atoms in total. The fourth-order valence-corrected chi connectivity index (χ4v) is 0.672. The zero-order valence-electron chi connectivity index (χ0n) is 7.13. The molecule has 0 aromatic heterocycles. The highest BCUT2D eigenvalue weighted by molar-refractivity contribution is 4.58. The van der Waals surface area contributed by atoms with Crippen LogP contribution in [0.25, 0.3) is 0 Å². The van der Waals surface area contributed by atoms with E-state index in [0.29, 0.717) is 6.10 Å². The second-order valence-electron chi connectivity index (χ2n) is 2.71. The van der Waals surface area contributed by atoms with Crippen molar-refractivity contribution in [1.29, 1.82) is 0 Å². The van der Waals surface area contributed by atoms with Crippen molar-refractivity contribution < 1.29 is 4.74 Å². The van der Waals surface area contributed by atoms with E-state index in [9.17, 15) is 0 Å². The molecule has 10 heavy (non-hydrogen) atoms. The Hall–Kier alpha value is -0.500. The van der Waals surface area contributed by atoms with Gasteiger partial charge in [0.25, 0.3) is 0 Å². The molecule has 0 bridgehead atoms. The maximum Gasteiger partial charge on any atom is 0.0962 e. The maximum atomic E-state index is 5.13. The summed E-state index contributed by atoms with van der Waals surface area (Å²) >= 11 is 0. The summed E-state index contributed by atoms with van der Waals surface area (Å²) in [6.45, 7) is 6.60. The molecule has 60 valence electrons. The Labute approximate surface area is 63.5 Å². The van der Waals surface area contributed by atoms with E-state index in [2.05, 4.69) is 25.6 Å². The molecule has 0 saturated carbocycles. The first-order valence-electron chi connectivity index (χ1n) is 3.58. The molecular weight excluding hydrogens is 126 g/mol. The molecule has 0 aliphatic carbocycles. The summed E-state index contributed by atoms with van der Waals surface area (Å²) in [6, 6.07) is 0. The van der Waals surface area contributed by atoms with Crippen LogP contribution in [0.3, 0.4) is 0 Å². The summed E-state index contributed by atoms with van der Waals surface area (Å²) in [6.07, 6.45) is 2.85. The Balaban J connectivity index is 3.20. The van der Waals surface area contributed by atoms with Gasteiger partial charge in [0.2, 0.25) is 0 Å². The normalized spacial score (nSPS) is 13.2. The van der Waals surface area contributed by atoms with Gasteiger partial charge in [-0.05, 0) is 27.4 Å². The number of hydrogen-bond donors (Lipinski definition) is 0. The van der Waals surface area contributed by atoms with Crippen molar-refractivity contribution in [2.24, 2.45) is 0 Å². The lowest BCUT2D eigenvalue weighted by Gasteiger charge is -2.14. The maximum absolute atomic E-state index is 5.13. The Kier molecular flexibility index (Phi) is 5.03. The summed E-state index contributed by atoms with van der Waals surface area (Å²) in [7, 11) is 4.11. The number of nitrogens with zero attached hydrogens (tertiary/aromatic N) is 1. The predicted molar refractivity (Wildman–Crippen MR) is 43.9 cm³/mol. The van der Waals surface area contributed by atoms with Crippen molar-refractivity contribution in [3.8, 4) is 0 Å². The quantitative estimate of drug-likeness (QED) is 0.541. The van der Waals surface area contributed by atoms with Crippen molar-refractivity contribution in [2.75, 3.05) is 20.6 Å². The highest BCUT2D eigenvalue weighted by Gasteiger charge is 1.99. The van der Waals surface area contributed by atoms with Gasteiger partial charge in [-0.2, -0.15) is 0 Å². The Morgan fingerprint density at radius 1 is 1.60 bits per heavy atom. The second-order valence-corrected chi connectivity index (χ2v) is 2.71. The third-order valence-electron chi connectivity index (χ3n) is 1.31. The van der Waals surface area contributed by atoms with Gasteiger partial charge in [0, 0.05) is 6.54 Å². The number of ether oxygens (including phenoxy) is 1. The van der Waals surface area contributed by atoms with Crippen LogP contribution in [0.1, 0.15) is 13.3 Å². The third-order valence-corrected chi connectivity index (χ3v) is 1.31. The molecule has 0 aliphatic rings. The molecule has 0 N–H and O–H groups in total. The van der Waals surface area contributed by atoms with Gasteiger partial charge in [-0.3, -0.25) is 0 Å². The van der Waals surface area contributed by atoms with Crippen molar-refractivity contribution in [1.82, 2.24) is 4.90 Å². The van der Waals surface area contributed by atoms with Crippen LogP contribution in [0.2, 0.25) is 0 Å². The van der Waals surface area contributed by atoms with Crippen molar-refractivity contribution in [3.05, 3.63) is 12.8 Å². The van der Waals surface area contributed by atoms with E-state index in [0.717, 1.165) is 13.0 Å². The van der Waals surface area contributed by atoms with E-state index >= 15 is 0 Å². The molecule has 0 aliphatic heterocycles. The third kappa shape index (κ3) is 5.63. The Morgan fingerprint density at radius 2 is 2.20 bits per heavy atom. The molecular formula is C8H17NO. The number of rotatable bonds is 5. The molecule has 0 aromatic rings. The number of hydrogen-bond acceptors (Lipinski definition) is 2. The van der Waals surface area contributed by atoms with E-state index in [-0.39, 0.29) is 0 Å². The van der Waals surface area contributed by atoms with Crippen molar-refractivity contribution in [3.63, 3.8) is 0 Å². The first-order chi connectivity index (χ1) is 4.66. The van der Waals surface area contributed by atoms with Crippen LogP contribution < -0.4 is 0 Å². The highest BCUT2D eigenvalue weighted by Crippen LogP contribution is 1.97. The molecule has 1 atom stereocenters. The first kappa shape index (κ1) is 9.50. The minimum Gasteiger partial charge on any atom is -0.499 e. The van der Waals surface area contributed by atoms with Crippen molar-refractivity contribution in [2.45, 2.75) is 19.4 Å². The van der Waals surface area contributed by atoms with Gasteiger partial charge in [0.05, 0.1) is 12.4 Å². The standard InChI is InChI=1S/C8H17NO/c1-5-10-8(2)6-7-9(3)4/h5,8H,1,6-7H2,2-4H3. The van der Waals surface area contributed by atoms with E-state index in [1.807, 2.05) is 6.92 Å². The van der Waals surface area contributed by atoms with E-state index in [1.54, 1.807) is 0 Å². The largest absolute Gasteiger partial charge is 0.499 e. The molecule has 2 heteroatoms. The highest BCUT2D eigenvalue weighted by atomic mass is 16.5. The zero-order chi connectivity index (χ0) is 7.98. The van der Waals surface area contributed by atoms with Crippen LogP contribution in [-0.2, 0) is 4.74 Å². The molecule has 0 heterocycles. The van der Waals surface area contributed by atoms with Crippen molar-refractivity contribution >= 4 is 0 Å². The first-order valence-corrected chi connectivity index (χ1v) is 3.58. The lowest BCUT2D eigenvalue weighted by molar-refractivity contribution is 0.143. The second kappa shape index (κ2) is 5.30. The van der Waals surface area contributed by atoms with Gasteiger partial charge in [0.1, 0.15) is 0 Å². The van der Waals surface area contributed by atoms with E-state index < -0.39 is 0 Å². The topological polar surface area (TPSA) is 12.5 Å². The molecule has 0 rings (SSSR count). The SMILES string of the molecule is C=COC(C)CCN(C)C. The Morgan fingerprint density at radius 3 is 2.60 bits per heavy atom. The average Bonchev–Trinajstić information content (AvgIpc) is 1.85. The van der Waals surface area contributed by atoms with Crippen LogP contribution >= 0.6 is 0 Å². The molecule has 0 amide bonds. The van der Waals surface area contributed by atoms with E-state index in [1.165, 1.54) is 6.26 Å². The van der Waals surface area contributed by atoms with Crippen LogP contribution in [-0.4, -0.2) is 31.6 Å². The molecule has 0 aromatic carbocycles. The lowest BCUT2D eigenvalue weighted by Crippen LogP contribution is -2.18. The fraction of sp³-hybridized carbons (Fsp3) is 0.750. The smallest absolute Gasteiger partial charge is 0.0962 e. The molecule has 0 saturated heterocycles. The lowest BCUT2D eigenvalue weighted by atomic mass is 10.3. The molecule has 0 fully saturated rings.